The van der Waals surface area contributed by atoms with Gasteiger partial charge in [0.25, 0.3) is 0 Å². The molecule has 1 heterocycles. The minimum absolute atomic E-state index is 0.0119. The Morgan fingerprint density at radius 1 is 1.67 bits per heavy atom. The van der Waals surface area contributed by atoms with Gasteiger partial charge < -0.3 is 14.9 Å². The zero-order chi connectivity index (χ0) is 11.3. The van der Waals surface area contributed by atoms with Crippen LogP contribution in [0.5, 0.6) is 0 Å². The fraction of sp³-hybridized carbons (Fsp3) is 0.500. The molecule has 0 aromatic carbocycles. The lowest BCUT2D eigenvalue weighted by Crippen LogP contribution is -2.12. The molecule has 0 bridgehead atoms. The van der Waals surface area contributed by atoms with Crippen molar-refractivity contribution in [3.05, 3.63) is 23.7 Å². The largest absolute Gasteiger partial charge is 0.468 e. The van der Waals surface area contributed by atoms with Gasteiger partial charge in [0, 0.05) is 6.54 Å². The molecule has 15 heavy (non-hydrogen) atoms. The molecule has 4 nitrogen and oxygen atoms in total. The number of aryl methyl sites for hydroxylation is 1. The molecule has 0 aliphatic heterocycles. The van der Waals surface area contributed by atoms with E-state index in [1.54, 1.807) is 0 Å². The summed E-state index contributed by atoms with van der Waals surface area (Å²) in [6, 6.07) is 3.77. The van der Waals surface area contributed by atoms with E-state index in [2.05, 4.69) is 4.74 Å². The van der Waals surface area contributed by atoms with E-state index in [9.17, 15) is 4.79 Å². The van der Waals surface area contributed by atoms with Crippen molar-refractivity contribution in [3.8, 4) is 0 Å². The number of hydrogen-bond acceptors (Lipinski definition) is 5. The summed E-state index contributed by atoms with van der Waals surface area (Å²) in [5, 5.41) is 0.0119. The van der Waals surface area contributed by atoms with Gasteiger partial charge in [0.15, 0.2) is 0 Å². The van der Waals surface area contributed by atoms with Crippen molar-refractivity contribution >= 4 is 17.7 Å². The molecule has 1 rings (SSSR count). The molecular weight excluding hydrogens is 214 g/mol. The molecule has 1 aromatic heterocycles. The number of carbonyl (C=O) groups is 1. The molecule has 0 fully saturated rings. The van der Waals surface area contributed by atoms with Crippen LogP contribution in [-0.2, 0) is 9.53 Å². The molecule has 2 N–H and O–H groups in total. The lowest BCUT2D eigenvalue weighted by atomic mass is 10.3. The highest BCUT2D eigenvalue weighted by Crippen LogP contribution is 2.28. The molecule has 1 atom stereocenters. The van der Waals surface area contributed by atoms with E-state index in [0.717, 1.165) is 11.5 Å². The smallest absolute Gasteiger partial charge is 0.315 e. The van der Waals surface area contributed by atoms with Gasteiger partial charge >= 0.3 is 5.97 Å². The number of carbonyl (C=O) groups excluding carboxylic acids is 1. The highest BCUT2D eigenvalue weighted by Gasteiger charge is 2.15. The van der Waals surface area contributed by atoms with Crippen LogP contribution in [0.1, 0.15) is 16.8 Å². The first-order valence-electron chi connectivity index (χ1n) is 4.62. The van der Waals surface area contributed by atoms with Crippen LogP contribution in [0.25, 0.3) is 0 Å². The topological polar surface area (TPSA) is 65.5 Å². The fourth-order valence-corrected chi connectivity index (χ4v) is 2.00. The predicted octanol–water partition coefficient (Wildman–Crippen LogP) is 1.49. The average molecular weight is 229 g/mol. The number of methoxy groups -OCH3 is 1. The number of ether oxygens (including phenoxy) is 1. The molecule has 5 heteroatoms. The first-order chi connectivity index (χ1) is 7.17. The van der Waals surface area contributed by atoms with Crippen molar-refractivity contribution in [2.24, 2.45) is 5.73 Å². The van der Waals surface area contributed by atoms with E-state index in [1.165, 1.54) is 18.9 Å². The normalized spacial score (nSPS) is 12.5. The second-order valence-corrected chi connectivity index (χ2v) is 4.25. The quantitative estimate of drug-likeness (QED) is 0.775. The van der Waals surface area contributed by atoms with Crippen LogP contribution in [0.15, 0.2) is 16.5 Å². The zero-order valence-electron chi connectivity index (χ0n) is 8.86. The predicted molar refractivity (Wildman–Crippen MR) is 59.7 cm³/mol. The van der Waals surface area contributed by atoms with Crippen LogP contribution >= 0.6 is 11.8 Å². The van der Waals surface area contributed by atoms with Gasteiger partial charge in [-0.2, -0.15) is 0 Å². The first kappa shape index (κ1) is 12.1. The van der Waals surface area contributed by atoms with Crippen molar-refractivity contribution < 1.29 is 13.9 Å². The lowest BCUT2D eigenvalue weighted by Gasteiger charge is -2.10. The Morgan fingerprint density at radius 2 is 2.40 bits per heavy atom. The van der Waals surface area contributed by atoms with E-state index >= 15 is 0 Å². The number of thioether (sulfide) groups is 1. The van der Waals surface area contributed by atoms with E-state index in [1.807, 2.05) is 19.1 Å². The third-order valence-electron chi connectivity index (χ3n) is 1.92. The van der Waals surface area contributed by atoms with Gasteiger partial charge in [-0.3, -0.25) is 4.79 Å². The van der Waals surface area contributed by atoms with E-state index < -0.39 is 0 Å². The number of hydrogen-bond donors (Lipinski definition) is 1. The molecule has 0 aliphatic carbocycles. The maximum atomic E-state index is 11.0. The van der Waals surface area contributed by atoms with E-state index in [0.29, 0.717) is 6.54 Å². The van der Waals surface area contributed by atoms with Crippen LogP contribution in [0.3, 0.4) is 0 Å². The van der Waals surface area contributed by atoms with E-state index in [4.69, 9.17) is 10.2 Å². The monoisotopic (exact) mass is 229 g/mol. The van der Waals surface area contributed by atoms with Gasteiger partial charge in [-0.25, -0.2) is 0 Å². The summed E-state index contributed by atoms with van der Waals surface area (Å²) in [6.45, 7) is 2.32. The summed E-state index contributed by atoms with van der Waals surface area (Å²) in [5.74, 6) is 1.70. The second-order valence-electron chi connectivity index (χ2n) is 3.06. The van der Waals surface area contributed by atoms with Gasteiger partial charge in [0.05, 0.1) is 18.1 Å². The van der Waals surface area contributed by atoms with E-state index in [-0.39, 0.29) is 17.0 Å². The minimum Gasteiger partial charge on any atom is -0.468 e. The Hall–Kier alpha value is -0.940. The molecule has 0 radical (unpaired) electrons. The number of esters is 1. The van der Waals surface area contributed by atoms with Crippen molar-refractivity contribution in [3.63, 3.8) is 0 Å². The summed E-state index contributed by atoms with van der Waals surface area (Å²) in [5.41, 5.74) is 5.61. The summed E-state index contributed by atoms with van der Waals surface area (Å²) in [6.07, 6.45) is 0. The first-order valence-corrected chi connectivity index (χ1v) is 5.67. The van der Waals surface area contributed by atoms with Crippen molar-refractivity contribution in [1.82, 2.24) is 0 Å². The SMILES string of the molecule is COC(=O)CSC(CN)c1ccc(C)o1. The number of rotatable bonds is 5. The molecule has 84 valence electrons. The second kappa shape index (κ2) is 5.82. The van der Waals surface area contributed by atoms with Gasteiger partial charge in [-0.05, 0) is 19.1 Å². The Morgan fingerprint density at radius 3 is 2.87 bits per heavy atom. The minimum atomic E-state index is -0.248. The summed E-state index contributed by atoms with van der Waals surface area (Å²) in [4.78, 5) is 11.0. The molecule has 1 unspecified atom stereocenters. The van der Waals surface area contributed by atoms with Crippen molar-refractivity contribution in [1.29, 1.82) is 0 Å². The summed E-state index contributed by atoms with van der Waals surface area (Å²) >= 11 is 1.43. The summed E-state index contributed by atoms with van der Waals surface area (Å²) < 4.78 is 10.0. The molecule has 0 aliphatic rings. The molecular formula is C10H15NO3S. The van der Waals surface area contributed by atoms with Crippen LogP contribution < -0.4 is 5.73 Å². The Labute approximate surface area is 93.2 Å². The van der Waals surface area contributed by atoms with Crippen molar-refractivity contribution in [2.75, 3.05) is 19.4 Å². The van der Waals surface area contributed by atoms with Gasteiger partial charge in [-0.15, -0.1) is 11.8 Å². The molecule has 0 spiro atoms. The van der Waals surface area contributed by atoms with Gasteiger partial charge in [0.1, 0.15) is 11.5 Å². The fourth-order valence-electron chi connectivity index (χ4n) is 1.12. The number of nitrogens with two attached hydrogens (primary N) is 1. The third-order valence-corrected chi connectivity index (χ3v) is 3.15. The Kier molecular flexibility index (Phi) is 4.71. The van der Waals surface area contributed by atoms with Crippen LogP contribution in [0.2, 0.25) is 0 Å². The third kappa shape index (κ3) is 3.60. The standard InChI is InChI=1S/C10H15NO3S/c1-7-3-4-8(14-7)9(5-11)15-6-10(12)13-2/h3-4,9H,5-6,11H2,1-2H3. The van der Waals surface area contributed by atoms with Gasteiger partial charge in [0.2, 0.25) is 0 Å². The summed E-state index contributed by atoms with van der Waals surface area (Å²) in [7, 11) is 1.37. The Bertz CT molecular complexity index is 324. The molecule has 1 aromatic rings. The zero-order valence-corrected chi connectivity index (χ0v) is 9.67. The molecule has 0 saturated heterocycles. The molecule has 0 amide bonds. The Balaban J connectivity index is 2.53. The number of furan rings is 1. The van der Waals surface area contributed by atoms with Crippen LogP contribution in [0, 0.1) is 6.92 Å². The van der Waals surface area contributed by atoms with Crippen LogP contribution in [0.4, 0.5) is 0 Å². The maximum absolute atomic E-state index is 11.0. The van der Waals surface area contributed by atoms with Crippen molar-refractivity contribution in [2.45, 2.75) is 12.2 Å². The van der Waals surface area contributed by atoms with Crippen LogP contribution in [-0.4, -0.2) is 25.4 Å². The maximum Gasteiger partial charge on any atom is 0.315 e. The highest BCUT2D eigenvalue weighted by molar-refractivity contribution is 8.00. The molecule has 0 saturated carbocycles. The highest BCUT2D eigenvalue weighted by atomic mass is 32.2. The van der Waals surface area contributed by atoms with Gasteiger partial charge in [-0.1, -0.05) is 0 Å². The lowest BCUT2D eigenvalue weighted by molar-refractivity contribution is -0.137. The average Bonchev–Trinajstić information content (AvgIpc) is 2.65.